The molecule has 1 heterocycles. The van der Waals surface area contributed by atoms with Crippen LogP contribution in [0, 0.1) is 17.3 Å². The normalized spacial score (nSPS) is 37.8. The minimum absolute atomic E-state index is 0.593. The van der Waals surface area contributed by atoms with Gasteiger partial charge < -0.3 is 9.64 Å². The Labute approximate surface area is 98.6 Å². The number of hydrogen-bond acceptors (Lipinski definition) is 1. The average molecular weight is 222 g/mol. The zero-order valence-electron chi connectivity index (χ0n) is 10.6. The molecule has 1 N–H and O–H groups in total. The van der Waals surface area contributed by atoms with E-state index in [-0.39, 0.29) is 0 Å². The van der Waals surface area contributed by atoms with E-state index in [4.69, 9.17) is 4.74 Å². The predicted octanol–water partition coefficient (Wildman–Crippen LogP) is 0.894. The highest BCUT2D eigenvalue weighted by Crippen LogP contribution is 2.58. The summed E-state index contributed by atoms with van der Waals surface area (Å²) in [5.74, 6) is 1.86. The van der Waals surface area contributed by atoms with Crippen molar-refractivity contribution in [3.8, 4) is 0 Å². The van der Waals surface area contributed by atoms with Crippen LogP contribution in [0.3, 0.4) is 0 Å². The van der Waals surface area contributed by atoms with Crippen LogP contribution in [0.2, 0.25) is 0 Å². The SMILES string of the molecule is CC1(C)[C@@H]2CC=C(C[NH+]3CCOCC3)[C@H]1C2. The van der Waals surface area contributed by atoms with E-state index in [1.54, 1.807) is 10.5 Å². The number of fused-ring (bicyclic) bond motifs is 1. The molecule has 2 nitrogen and oxygen atoms in total. The molecule has 2 atom stereocenters. The first-order valence-corrected chi connectivity index (χ1v) is 6.78. The number of hydrogen-bond donors (Lipinski definition) is 1. The van der Waals surface area contributed by atoms with Gasteiger partial charge in [0.25, 0.3) is 0 Å². The van der Waals surface area contributed by atoms with Gasteiger partial charge in [-0.15, -0.1) is 0 Å². The maximum atomic E-state index is 5.43. The molecule has 3 aliphatic carbocycles. The molecule has 0 radical (unpaired) electrons. The standard InChI is InChI=1S/C14H23NO/c1-14(2)12-4-3-11(13(14)9-12)10-15-5-7-16-8-6-15/h3,12-13H,4-10H2,1-2H3/p+1/t12-,13-/m1/s1. The number of nitrogens with one attached hydrogen (secondary N) is 1. The van der Waals surface area contributed by atoms with Gasteiger partial charge in [-0.3, -0.25) is 0 Å². The first-order valence-electron chi connectivity index (χ1n) is 6.78. The Morgan fingerprint density at radius 2 is 2.12 bits per heavy atom. The van der Waals surface area contributed by atoms with Crippen molar-refractivity contribution in [2.45, 2.75) is 26.7 Å². The molecular formula is C14H24NO+. The van der Waals surface area contributed by atoms with Gasteiger partial charge in [-0.1, -0.05) is 19.9 Å². The summed E-state index contributed by atoms with van der Waals surface area (Å²) in [6.45, 7) is 10.5. The maximum absolute atomic E-state index is 5.43. The zero-order chi connectivity index (χ0) is 11.2. The molecule has 0 unspecified atom stereocenters. The number of ether oxygens (including phenoxy) is 1. The molecule has 1 aliphatic heterocycles. The quantitative estimate of drug-likeness (QED) is 0.685. The van der Waals surface area contributed by atoms with Crippen molar-refractivity contribution in [3.05, 3.63) is 11.6 Å². The maximum Gasteiger partial charge on any atom is 0.101 e. The van der Waals surface area contributed by atoms with Gasteiger partial charge in [0.05, 0.1) is 19.8 Å². The van der Waals surface area contributed by atoms with Crippen molar-refractivity contribution in [2.24, 2.45) is 17.3 Å². The van der Waals surface area contributed by atoms with Crippen molar-refractivity contribution in [1.82, 2.24) is 0 Å². The van der Waals surface area contributed by atoms with Gasteiger partial charge in [-0.2, -0.15) is 0 Å². The molecule has 0 aromatic carbocycles. The molecule has 90 valence electrons. The Bertz CT molecular complexity index is 302. The van der Waals surface area contributed by atoms with Gasteiger partial charge in [-0.25, -0.2) is 0 Å². The molecule has 2 bridgehead atoms. The van der Waals surface area contributed by atoms with E-state index in [9.17, 15) is 0 Å². The Kier molecular flexibility index (Phi) is 2.60. The molecular weight excluding hydrogens is 198 g/mol. The zero-order valence-corrected chi connectivity index (χ0v) is 10.6. The Morgan fingerprint density at radius 1 is 1.38 bits per heavy atom. The van der Waals surface area contributed by atoms with Crippen molar-refractivity contribution in [1.29, 1.82) is 0 Å². The van der Waals surface area contributed by atoms with Crippen molar-refractivity contribution in [3.63, 3.8) is 0 Å². The molecule has 0 spiro atoms. The highest BCUT2D eigenvalue weighted by molar-refractivity contribution is 5.23. The Hall–Kier alpha value is -0.340. The Balaban J connectivity index is 1.65. The van der Waals surface area contributed by atoms with E-state index in [2.05, 4.69) is 19.9 Å². The summed E-state index contributed by atoms with van der Waals surface area (Å²) in [7, 11) is 0. The largest absolute Gasteiger partial charge is 0.370 e. The lowest BCUT2D eigenvalue weighted by Gasteiger charge is -2.56. The summed E-state index contributed by atoms with van der Waals surface area (Å²) < 4.78 is 5.43. The minimum atomic E-state index is 0.593. The summed E-state index contributed by atoms with van der Waals surface area (Å²) in [6.07, 6.45) is 5.35. The Morgan fingerprint density at radius 3 is 2.75 bits per heavy atom. The number of morpholine rings is 1. The van der Waals surface area contributed by atoms with Gasteiger partial charge >= 0.3 is 0 Å². The average Bonchev–Trinajstić information content (AvgIpc) is 2.30. The van der Waals surface area contributed by atoms with E-state index >= 15 is 0 Å². The fraction of sp³-hybridized carbons (Fsp3) is 0.857. The van der Waals surface area contributed by atoms with Crippen LogP contribution in [-0.2, 0) is 4.74 Å². The second kappa shape index (κ2) is 3.85. The van der Waals surface area contributed by atoms with E-state index in [0.717, 1.165) is 25.0 Å². The molecule has 4 aliphatic rings. The van der Waals surface area contributed by atoms with Crippen LogP contribution >= 0.6 is 0 Å². The summed E-state index contributed by atoms with van der Waals surface area (Å²) in [5, 5.41) is 0. The van der Waals surface area contributed by atoms with E-state index in [1.165, 1.54) is 32.5 Å². The minimum Gasteiger partial charge on any atom is -0.370 e. The summed E-state index contributed by atoms with van der Waals surface area (Å²) in [5.41, 5.74) is 2.35. The third kappa shape index (κ3) is 1.63. The first-order chi connectivity index (χ1) is 7.68. The summed E-state index contributed by atoms with van der Waals surface area (Å²) in [4.78, 5) is 1.73. The van der Waals surface area contributed by atoms with Crippen LogP contribution in [0.1, 0.15) is 26.7 Å². The van der Waals surface area contributed by atoms with Crippen molar-refractivity contribution < 1.29 is 9.64 Å². The molecule has 0 amide bonds. The van der Waals surface area contributed by atoms with Gasteiger partial charge in [0, 0.05) is 0 Å². The second-order valence-corrected chi connectivity index (χ2v) is 6.36. The monoisotopic (exact) mass is 222 g/mol. The number of rotatable bonds is 2. The molecule has 0 aromatic rings. The highest BCUT2D eigenvalue weighted by Gasteiger charge is 2.51. The van der Waals surface area contributed by atoms with E-state index < -0.39 is 0 Å². The fourth-order valence-electron chi connectivity index (χ4n) is 3.80. The van der Waals surface area contributed by atoms with Crippen molar-refractivity contribution in [2.75, 3.05) is 32.8 Å². The third-order valence-electron chi connectivity index (χ3n) is 5.24. The lowest BCUT2D eigenvalue weighted by Crippen LogP contribution is -3.14. The van der Waals surface area contributed by atoms with Crippen molar-refractivity contribution >= 4 is 0 Å². The molecule has 4 rings (SSSR count). The smallest absolute Gasteiger partial charge is 0.101 e. The van der Waals surface area contributed by atoms with Crippen LogP contribution in [0.5, 0.6) is 0 Å². The second-order valence-electron chi connectivity index (χ2n) is 6.36. The molecule has 2 heteroatoms. The van der Waals surface area contributed by atoms with Gasteiger partial charge in [0.1, 0.15) is 13.1 Å². The number of quaternary nitrogens is 1. The topological polar surface area (TPSA) is 13.7 Å². The van der Waals surface area contributed by atoms with Gasteiger partial charge in [0.15, 0.2) is 0 Å². The van der Waals surface area contributed by atoms with Crippen LogP contribution < -0.4 is 4.90 Å². The lowest BCUT2D eigenvalue weighted by atomic mass is 9.49. The fourth-order valence-corrected chi connectivity index (χ4v) is 3.80. The van der Waals surface area contributed by atoms with Crippen LogP contribution in [0.25, 0.3) is 0 Å². The molecule has 2 fully saturated rings. The van der Waals surface area contributed by atoms with Gasteiger partial charge in [-0.05, 0) is 35.7 Å². The number of allylic oxidation sites excluding steroid dienone is 1. The van der Waals surface area contributed by atoms with Gasteiger partial charge in [0.2, 0.25) is 0 Å². The highest BCUT2D eigenvalue weighted by atomic mass is 16.5. The predicted molar refractivity (Wildman–Crippen MR) is 64.5 cm³/mol. The van der Waals surface area contributed by atoms with Crippen LogP contribution in [0.4, 0.5) is 0 Å². The molecule has 1 saturated carbocycles. The first kappa shape index (κ1) is 10.8. The van der Waals surface area contributed by atoms with Crippen LogP contribution in [0.15, 0.2) is 11.6 Å². The van der Waals surface area contributed by atoms with E-state index in [0.29, 0.717) is 5.41 Å². The van der Waals surface area contributed by atoms with Crippen LogP contribution in [-0.4, -0.2) is 32.8 Å². The molecule has 1 saturated heterocycles. The third-order valence-corrected chi connectivity index (χ3v) is 5.24. The summed E-state index contributed by atoms with van der Waals surface area (Å²) >= 11 is 0. The lowest BCUT2D eigenvalue weighted by molar-refractivity contribution is -0.903. The molecule has 0 aromatic heterocycles. The van der Waals surface area contributed by atoms with E-state index in [1.807, 2.05) is 0 Å². The summed E-state index contributed by atoms with van der Waals surface area (Å²) in [6, 6.07) is 0. The molecule has 16 heavy (non-hydrogen) atoms.